The van der Waals surface area contributed by atoms with Crippen molar-refractivity contribution < 1.29 is 4.79 Å². The summed E-state index contributed by atoms with van der Waals surface area (Å²) in [5, 5.41) is 4.18. The van der Waals surface area contributed by atoms with E-state index in [1.807, 2.05) is 17.0 Å². The maximum absolute atomic E-state index is 13.6. The van der Waals surface area contributed by atoms with Gasteiger partial charge in [-0.1, -0.05) is 60.6 Å². The maximum Gasteiger partial charge on any atom is 0.266 e. The first-order valence-corrected chi connectivity index (χ1v) is 16.6. The molecule has 1 aromatic carbocycles. The van der Waals surface area contributed by atoms with Gasteiger partial charge in [-0.2, -0.15) is 0 Å². The molecular weight excluding hydrogens is 550 g/mol. The number of halogens is 1. The molecule has 2 saturated carbocycles. The minimum absolute atomic E-state index is 0.126. The Morgan fingerprint density at radius 1 is 1.08 bits per heavy atom. The van der Waals surface area contributed by atoms with Crippen LogP contribution >= 0.6 is 46.9 Å². The summed E-state index contributed by atoms with van der Waals surface area (Å²) in [5.74, 6) is 1.55. The van der Waals surface area contributed by atoms with Crippen molar-refractivity contribution in [2.75, 3.05) is 32.7 Å². The molecule has 0 spiro atoms. The van der Waals surface area contributed by atoms with E-state index in [2.05, 4.69) is 34.5 Å². The van der Waals surface area contributed by atoms with Gasteiger partial charge in [-0.3, -0.25) is 9.69 Å². The Bertz CT molecular complexity index is 1200. The van der Waals surface area contributed by atoms with Crippen molar-refractivity contribution in [2.24, 2.45) is 11.8 Å². The zero-order valence-corrected chi connectivity index (χ0v) is 25.0. The molecule has 4 aliphatic rings. The smallest absolute Gasteiger partial charge is 0.266 e. The van der Waals surface area contributed by atoms with Crippen LogP contribution in [0.2, 0.25) is 5.02 Å². The summed E-state index contributed by atoms with van der Waals surface area (Å²) in [6.45, 7) is 5.75. The normalized spacial score (nSPS) is 26.8. The molecule has 1 aromatic heterocycles. The number of thiocarbonyl (C=S) groups is 1. The topological polar surface area (TPSA) is 35.6 Å². The summed E-state index contributed by atoms with van der Waals surface area (Å²) in [6, 6.07) is 10.7. The van der Waals surface area contributed by atoms with Crippen molar-refractivity contribution in [2.45, 2.75) is 57.4 Å². The molecule has 3 heterocycles. The van der Waals surface area contributed by atoms with Crippen molar-refractivity contribution in [3.63, 3.8) is 0 Å². The number of hydrogen-bond donors (Lipinski definition) is 1. The van der Waals surface area contributed by atoms with E-state index in [0.717, 1.165) is 52.5 Å². The van der Waals surface area contributed by atoms with E-state index in [9.17, 15) is 4.79 Å². The summed E-state index contributed by atoms with van der Waals surface area (Å²) in [7, 11) is 0. The summed E-state index contributed by atoms with van der Waals surface area (Å²) in [4.78, 5) is 21.4. The highest BCUT2D eigenvalue weighted by atomic mass is 35.5. The van der Waals surface area contributed by atoms with Crippen LogP contribution in [0.25, 0.3) is 16.5 Å². The number of amides is 1. The Morgan fingerprint density at radius 3 is 2.63 bits per heavy atom. The Kier molecular flexibility index (Phi) is 8.60. The molecule has 202 valence electrons. The van der Waals surface area contributed by atoms with Crippen LogP contribution in [0.4, 0.5) is 0 Å². The van der Waals surface area contributed by atoms with Gasteiger partial charge in [-0.15, -0.1) is 11.3 Å². The molecule has 2 aliphatic carbocycles. The average molecular weight is 586 g/mol. The van der Waals surface area contributed by atoms with E-state index < -0.39 is 0 Å². The van der Waals surface area contributed by atoms with Crippen LogP contribution in [-0.2, 0) is 11.2 Å². The minimum Gasteiger partial charge on any atom is -0.314 e. The number of nitrogens with one attached hydrogen (secondary N) is 1. The number of thioether (sulfide) groups is 1. The van der Waals surface area contributed by atoms with Crippen molar-refractivity contribution >= 4 is 63.2 Å². The molecule has 2 bridgehead atoms. The van der Waals surface area contributed by atoms with Crippen LogP contribution in [-0.4, -0.2) is 58.8 Å². The first-order valence-electron chi connectivity index (χ1n) is 14.1. The van der Waals surface area contributed by atoms with Gasteiger partial charge in [0.05, 0.1) is 4.91 Å². The SMILES string of the molecule is O=C1/C(=C\c2sc(-c3ccc(Cl)cc3)cc2CCCCCN2CCNCC2)SC(=S)N1C1CC2CCC1C2. The maximum atomic E-state index is 13.6. The summed E-state index contributed by atoms with van der Waals surface area (Å²) in [6.07, 6.45) is 11.8. The van der Waals surface area contributed by atoms with Gasteiger partial charge in [0.15, 0.2) is 0 Å². The quantitative estimate of drug-likeness (QED) is 0.193. The van der Waals surface area contributed by atoms with Crippen LogP contribution in [0.15, 0.2) is 35.2 Å². The number of thiophene rings is 1. The number of hydrogen-bond acceptors (Lipinski definition) is 6. The number of piperazine rings is 1. The van der Waals surface area contributed by atoms with Gasteiger partial charge in [0, 0.05) is 47.0 Å². The number of rotatable bonds is 9. The van der Waals surface area contributed by atoms with E-state index in [0.29, 0.717) is 12.0 Å². The predicted molar refractivity (Wildman–Crippen MR) is 166 cm³/mol. The van der Waals surface area contributed by atoms with Gasteiger partial charge in [-0.05, 0) is 92.3 Å². The lowest BCUT2D eigenvalue weighted by Gasteiger charge is -2.30. The molecule has 8 heteroatoms. The lowest BCUT2D eigenvalue weighted by Crippen LogP contribution is -2.43. The number of fused-ring (bicyclic) bond motifs is 2. The van der Waals surface area contributed by atoms with Crippen molar-refractivity contribution in [1.82, 2.24) is 15.1 Å². The summed E-state index contributed by atoms with van der Waals surface area (Å²) in [5.41, 5.74) is 2.51. The summed E-state index contributed by atoms with van der Waals surface area (Å²) < 4.78 is 0.753. The van der Waals surface area contributed by atoms with Gasteiger partial charge >= 0.3 is 0 Å². The van der Waals surface area contributed by atoms with Gasteiger partial charge < -0.3 is 10.2 Å². The fourth-order valence-corrected chi connectivity index (χ4v) is 9.41. The second-order valence-corrected chi connectivity index (χ2v) is 14.4. The lowest BCUT2D eigenvalue weighted by molar-refractivity contribution is -0.124. The number of unbranched alkanes of at least 4 members (excludes halogenated alkanes) is 2. The van der Waals surface area contributed by atoms with Crippen molar-refractivity contribution in [1.29, 1.82) is 0 Å². The van der Waals surface area contributed by atoms with Crippen LogP contribution in [0.5, 0.6) is 0 Å². The molecule has 3 atom stereocenters. The Labute approximate surface area is 245 Å². The minimum atomic E-state index is 0.126. The lowest BCUT2D eigenvalue weighted by atomic mass is 9.94. The highest BCUT2D eigenvalue weighted by Gasteiger charge is 2.48. The molecule has 2 saturated heterocycles. The second-order valence-electron chi connectivity index (χ2n) is 11.2. The molecule has 6 rings (SSSR count). The fourth-order valence-electron chi connectivity index (χ4n) is 6.69. The Morgan fingerprint density at radius 2 is 1.89 bits per heavy atom. The molecule has 3 unspecified atom stereocenters. The van der Waals surface area contributed by atoms with Crippen LogP contribution < -0.4 is 5.32 Å². The van der Waals surface area contributed by atoms with Gasteiger partial charge in [0.1, 0.15) is 4.32 Å². The predicted octanol–water partition coefficient (Wildman–Crippen LogP) is 7.08. The molecule has 38 heavy (non-hydrogen) atoms. The van der Waals surface area contributed by atoms with E-state index in [-0.39, 0.29) is 5.91 Å². The average Bonchev–Trinajstić information content (AvgIpc) is 3.70. The van der Waals surface area contributed by atoms with E-state index in [1.54, 1.807) is 11.3 Å². The molecule has 4 nitrogen and oxygen atoms in total. The molecule has 2 aliphatic heterocycles. The zero-order valence-electron chi connectivity index (χ0n) is 21.8. The molecule has 1 N–H and O–H groups in total. The number of carbonyl (C=O) groups excluding carboxylic acids is 1. The number of nitrogens with zero attached hydrogens (tertiary/aromatic N) is 2. The Hall–Kier alpha value is -1.22. The van der Waals surface area contributed by atoms with Crippen molar-refractivity contribution in [3.8, 4) is 10.4 Å². The van der Waals surface area contributed by atoms with Crippen LogP contribution in [0.1, 0.15) is 55.4 Å². The van der Waals surface area contributed by atoms with E-state index in [1.165, 1.54) is 84.4 Å². The molecule has 0 radical (unpaired) electrons. The third kappa shape index (κ3) is 5.93. The van der Waals surface area contributed by atoms with Gasteiger partial charge in [-0.25, -0.2) is 0 Å². The highest BCUT2D eigenvalue weighted by Crippen LogP contribution is 2.49. The van der Waals surface area contributed by atoms with E-state index in [4.69, 9.17) is 23.8 Å². The van der Waals surface area contributed by atoms with Crippen LogP contribution in [0.3, 0.4) is 0 Å². The molecule has 4 fully saturated rings. The fraction of sp³-hybridized carbons (Fsp3) is 0.533. The number of carbonyl (C=O) groups is 1. The Balaban J connectivity index is 1.17. The first kappa shape index (κ1) is 27.0. The third-order valence-electron chi connectivity index (χ3n) is 8.72. The zero-order chi connectivity index (χ0) is 26.1. The second kappa shape index (κ2) is 12.1. The molecule has 1 amide bonds. The van der Waals surface area contributed by atoms with Crippen LogP contribution in [0, 0.1) is 11.8 Å². The van der Waals surface area contributed by atoms with Gasteiger partial charge in [0.2, 0.25) is 0 Å². The number of benzene rings is 1. The highest BCUT2D eigenvalue weighted by molar-refractivity contribution is 8.26. The molecular formula is C30H36ClN3OS3. The number of aryl methyl sites for hydroxylation is 1. The van der Waals surface area contributed by atoms with Gasteiger partial charge in [0.25, 0.3) is 5.91 Å². The molecule has 2 aromatic rings. The monoisotopic (exact) mass is 585 g/mol. The third-order valence-corrected chi connectivity index (χ3v) is 11.5. The largest absolute Gasteiger partial charge is 0.314 e. The van der Waals surface area contributed by atoms with Crippen molar-refractivity contribution in [3.05, 3.63) is 50.7 Å². The first-order chi connectivity index (χ1) is 18.5. The standard InChI is InChI=1S/C30H36ClN3OS3/c31-24-9-7-21(8-10-24)26-18-23(4-2-1-3-13-33-14-11-32-12-15-33)27(37-26)19-28-29(35)34(30(36)38-28)25-17-20-5-6-22(25)16-20/h7-10,18-20,22,25,32H,1-6,11-17H2/b28-19+. The van der Waals surface area contributed by atoms with E-state index >= 15 is 0 Å². The summed E-state index contributed by atoms with van der Waals surface area (Å²) >= 11 is 15.2.